The monoisotopic (exact) mass is 241 g/mol. The molecule has 0 spiro atoms. The normalized spacial score (nSPS) is 10.9. The Bertz CT molecular complexity index is 786. The Morgan fingerprint density at radius 2 is 1.61 bits per heavy atom. The van der Waals surface area contributed by atoms with Crippen LogP contribution in [0, 0.1) is 10.1 Å². The van der Waals surface area contributed by atoms with Gasteiger partial charge in [-0.1, -0.05) is 12.1 Å². The molecule has 1 N–H and O–H groups in total. The Hall–Kier alpha value is -2.76. The van der Waals surface area contributed by atoms with E-state index in [1.165, 1.54) is 12.1 Å². The molecular formula is C12H7N3O3. The molecule has 0 saturated heterocycles. The molecule has 6 nitrogen and oxygen atoms in total. The quantitative estimate of drug-likeness (QED) is 0.401. The first-order valence-corrected chi connectivity index (χ1v) is 5.19. The molecule has 0 amide bonds. The number of nitro benzene ring substituents is 1. The molecule has 0 unspecified atom stereocenters. The maximum atomic E-state index is 10.9. The van der Waals surface area contributed by atoms with Crippen molar-refractivity contribution in [2.24, 2.45) is 0 Å². The molecule has 6 heteroatoms. The predicted octanol–water partition coefficient (Wildman–Crippen LogP) is 2.40. The van der Waals surface area contributed by atoms with E-state index in [0.29, 0.717) is 11.0 Å². The summed E-state index contributed by atoms with van der Waals surface area (Å²) in [6.07, 6.45) is 0. The van der Waals surface area contributed by atoms with E-state index in [1.807, 2.05) is 0 Å². The molecule has 0 fully saturated rings. The third-order valence-corrected chi connectivity index (χ3v) is 2.65. The number of aromatic hydroxyl groups is 1. The zero-order valence-electron chi connectivity index (χ0n) is 9.07. The second kappa shape index (κ2) is 3.63. The third-order valence-electron chi connectivity index (χ3n) is 2.65. The average molecular weight is 241 g/mol. The Labute approximate surface area is 101 Å². The maximum absolute atomic E-state index is 10.9. The van der Waals surface area contributed by atoms with Gasteiger partial charge in [-0.15, -0.1) is 0 Å². The van der Waals surface area contributed by atoms with E-state index in [0.717, 1.165) is 0 Å². The largest absolute Gasteiger partial charge is 0.506 e. The molecule has 2 aromatic carbocycles. The van der Waals surface area contributed by atoms with E-state index in [-0.39, 0.29) is 22.5 Å². The number of fused-ring (bicyclic) bond motifs is 2. The number of nitrogens with zero attached hydrogens (tertiary/aromatic N) is 3. The summed E-state index contributed by atoms with van der Waals surface area (Å²) in [4.78, 5) is 18.8. The first kappa shape index (κ1) is 10.4. The highest BCUT2D eigenvalue weighted by atomic mass is 16.6. The maximum Gasteiger partial charge on any atom is 0.297 e. The summed E-state index contributed by atoms with van der Waals surface area (Å²) in [5.74, 6) is -0.117. The highest BCUT2D eigenvalue weighted by Gasteiger charge is 2.17. The van der Waals surface area contributed by atoms with Gasteiger partial charge in [0.2, 0.25) is 0 Å². The van der Waals surface area contributed by atoms with Crippen LogP contribution in [0.5, 0.6) is 5.75 Å². The number of benzene rings is 2. The van der Waals surface area contributed by atoms with Crippen molar-refractivity contribution < 1.29 is 10.0 Å². The molecular weight excluding hydrogens is 234 g/mol. The summed E-state index contributed by atoms with van der Waals surface area (Å²) in [6, 6.07) is 9.50. The number of non-ortho nitro benzene ring substituents is 1. The van der Waals surface area contributed by atoms with Crippen molar-refractivity contribution >= 4 is 27.8 Å². The summed E-state index contributed by atoms with van der Waals surface area (Å²) < 4.78 is 0. The molecule has 0 saturated carbocycles. The second-order valence-corrected chi connectivity index (χ2v) is 3.77. The van der Waals surface area contributed by atoms with Gasteiger partial charge >= 0.3 is 0 Å². The van der Waals surface area contributed by atoms with Gasteiger partial charge in [0.25, 0.3) is 5.69 Å². The molecule has 0 aliphatic heterocycles. The van der Waals surface area contributed by atoms with E-state index in [4.69, 9.17) is 0 Å². The smallest absolute Gasteiger partial charge is 0.297 e. The predicted molar refractivity (Wildman–Crippen MR) is 65.4 cm³/mol. The lowest BCUT2D eigenvalue weighted by atomic mass is 10.2. The minimum absolute atomic E-state index is 0.0960. The van der Waals surface area contributed by atoms with E-state index >= 15 is 0 Å². The highest BCUT2D eigenvalue weighted by molar-refractivity contribution is 5.94. The molecule has 0 aliphatic carbocycles. The summed E-state index contributed by atoms with van der Waals surface area (Å²) in [6.45, 7) is 0. The third kappa shape index (κ3) is 1.43. The van der Waals surface area contributed by atoms with Crippen molar-refractivity contribution in [2.45, 2.75) is 0 Å². The lowest BCUT2D eigenvalue weighted by Gasteiger charge is -2.03. The Morgan fingerprint density at radius 3 is 2.22 bits per heavy atom. The number of para-hydroxylation sites is 2. The first-order valence-electron chi connectivity index (χ1n) is 5.19. The highest BCUT2D eigenvalue weighted by Crippen LogP contribution is 2.30. The second-order valence-electron chi connectivity index (χ2n) is 3.77. The lowest BCUT2D eigenvalue weighted by Crippen LogP contribution is -1.94. The number of nitro groups is 1. The molecule has 88 valence electrons. The van der Waals surface area contributed by atoms with Gasteiger partial charge < -0.3 is 5.11 Å². The molecule has 0 aliphatic rings. The number of phenolic OH excluding ortho intramolecular Hbond substituents is 1. The average Bonchev–Trinajstić information content (AvgIpc) is 2.37. The number of aromatic nitrogens is 2. The Balaban J connectivity index is 2.52. The van der Waals surface area contributed by atoms with Crippen LogP contribution in [0.3, 0.4) is 0 Å². The van der Waals surface area contributed by atoms with Crippen LogP contribution >= 0.6 is 0 Å². The van der Waals surface area contributed by atoms with Crippen molar-refractivity contribution in [3.05, 3.63) is 46.5 Å². The molecule has 1 aromatic heterocycles. The van der Waals surface area contributed by atoms with Gasteiger partial charge in [0, 0.05) is 6.07 Å². The Morgan fingerprint density at radius 1 is 1.00 bits per heavy atom. The molecule has 1 heterocycles. The van der Waals surface area contributed by atoms with Crippen LogP contribution in [0.4, 0.5) is 5.69 Å². The van der Waals surface area contributed by atoms with Gasteiger partial charge in [-0.05, 0) is 18.2 Å². The van der Waals surface area contributed by atoms with Crippen molar-refractivity contribution in [3.63, 3.8) is 0 Å². The van der Waals surface area contributed by atoms with E-state index in [2.05, 4.69) is 9.97 Å². The molecule has 3 aromatic rings. The fourth-order valence-corrected chi connectivity index (χ4v) is 1.82. The van der Waals surface area contributed by atoms with Crippen molar-refractivity contribution in [2.75, 3.05) is 0 Å². The molecule has 18 heavy (non-hydrogen) atoms. The van der Waals surface area contributed by atoms with Gasteiger partial charge in [-0.25, -0.2) is 9.97 Å². The van der Waals surface area contributed by atoms with Crippen molar-refractivity contribution in [1.82, 2.24) is 9.97 Å². The summed E-state index contributed by atoms with van der Waals surface area (Å²) in [5.41, 5.74) is 1.21. The first-order chi connectivity index (χ1) is 8.66. The standard InChI is InChI=1S/C12H7N3O3/c16-10-6-5-9(15(17)18)11-12(10)14-8-4-2-1-3-7(8)13-11/h1-6,16H. The van der Waals surface area contributed by atoms with Crippen molar-refractivity contribution in [3.8, 4) is 5.75 Å². The van der Waals surface area contributed by atoms with Gasteiger partial charge in [0.05, 0.1) is 16.0 Å². The minimum atomic E-state index is -0.536. The zero-order valence-corrected chi connectivity index (χ0v) is 9.07. The fourth-order valence-electron chi connectivity index (χ4n) is 1.82. The summed E-state index contributed by atoms with van der Waals surface area (Å²) in [7, 11) is 0. The van der Waals surface area contributed by atoms with Crippen LogP contribution in [0.25, 0.3) is 22.1 Å². The fraction of sp³-hybridized carbons (Fsp3) is 0. The minimum Gasteiger partial charge on any atom is -0.506 e. The van der Waals surface area contributed by atoms with Crippen LogP contribution in [0.2, 0.25) is 0 Å². The van der Waals surface area contributed by atoms with Gasteiger partial charge in [0.1, 0.15) is 11.3 Å². The molecule has 0 atom stereocenters. The number of phenols is 1. The van der Waals surface area contributed by atoms with Gasteiger partial charge in [-0.2, -0.15) is 0 Å². The zero-order chi connectivity index (χ0) is 12.7. The molecule has 0 bridgehead atoms. The van der Waals surface area contributed by atoms with Gasteiger partial charge in [0.15, 0.2) is 5.52 Å². The Kier molecular flexibility index (Phi) is 2.09. The van der Waals surface area contributed by atoms with Crippen LogP contribution < -0.4 is 0 Å². The topological polar surface area (TPSA) is 89.2 Å². The van der Waals surface area contributed by atoms with E-state index in [1.54, 1.807) is 24.3 Å². The van der Waals surface area contributed by atoms with Gasteiger partial charge in [-0.3, -0.25) is 10.1 Å². The lowest BCUT2D eigenvalue weighted by molar-refractivity contribution is -0.383. The molecule has 3 rings (SSSR count). The van der Waals surface area contributed by atoms with E-state index < -0.39 is 4.92 Å². The SMILES string of the molecule is O=[N+]([O-])c1ccc(O)c2nc3ccccc3nc12. The van der Waals surface area contributed by atoms with Crippen LogP contribution in [-0.2, 0) is 0 Å². The van der Waals surface area contributed by atoms with Crippen LogP contribution in [-0.4, -0.2) is 20.0 Å². The number of rotatable bonds is 1. The summed E-state index contributed by atoms with van der Waals surface area (Å²) >= 11 is 0. The van der Waals surface area contributed by atoms with E-state index in [9.17, 15) is 15.2 Å². The number of hydrogen-bond donors (Lipinski definition) is 1. The summed E-state index contributed by atoms with van der Waals surface area (Å²) in [5, 5.41) is 20.6. The van der Waals surface area contributed by atoms with Crippen molar-refractivity contribution in [1.29, 1.82) is 0 Å². The number of hydrogen-bond acceptors (Lipinski definition) is 5. The van der Waals surface area contributed by atoms with Crippen LogP contribution in [0.15, 0.2) is 36.4 Å². The molecule has 0 radical (unpaired) electrons. The van der Waals surface area contributed by atoms with Crippen LogP contribution in [0.1, 0.15) is 0 Å².